The normalized spacial score (nSPS) is 10.7. The molecule has 148 valence electrons. The fourth-order valence-corrected chi connectivity index (χ4v) is 3.69. The van der Waals surface area contributed by atoms with Gasteiger partial charge in [0, 0.05) is 21.7 Å². The third-order valence-electron chi connectivity index (χ3n) is 5.16. The highest BCUT2D eigenvalue weighted by molar-refractivity contribution is 6.30. The third kappa shape index (κ3) is 4.25. The number of halogens is 1. The molecule has 0 atom stereocenters. The van der Waals surface area contributed by atoms with Crippen molar-refractivity contribution in [2.45, 2.75) is 0 Å². The van der Waals surface area contributed by atoms with Crippen LogP contribution in [0.4, 0.5) is 0 Å². The van der Waals surface area contributed by atoms with E-state index in [9.17, 15) is 0 Å². The molecule has 3 heteroatoms. The van der Waals surface area contributed by atoms with Crippen LogP contribution < -0.4 is 0 Å². The van der Waals surface area contributed by atoms with Crippen LogP contribution >= 0.6 is 11.6 Å². The van der Waals surface area contributed by atoms with E-state index in [0.717, 1.165) is 33.6 Å². The van der Waals surface area contributed by atoms with Crippen LogP contribution in [0, 0.1) is 0 Å². The molecule has 0 radical (unpaired) electrons. The van der Waals surface area contributed by atoms with E-state index in [1.807, 2.05) is 66.7 Å². The van der Waals surface area contributed by atoms with E-state index in [-0.39, 0.29) is 0 Å². The van der Waals surface area contributed by atoms with Gasteiger partial charge < -0.3 is 0 Å². The molecule has 1 heterocycles. The molecule has 0 spiro atoms. The van der Waals surface area contributed by atoms with Crippen molar-refractivity contribution in [3.05, 3.63) is 120 Å². The molecule has 5 rings (SSSR count). The van der Waals surface area contributed by atoms with E-state index in [1.165, 1.54) is 5.56 Å². The summed E-state index contributed by atoms with van der Waals surface area (Å²) in [6.07, 6.45) is 0. The van der Waals surface area contributed by atoms with Crippen LogP contribution in [0.25, 0.3) is 45.0 Å². The molecule has 0 fully saturated rings. The van der Waals surface area contributed by atoms with Crippen LogP contribution in [0.2, 0.25) is 5.02 Å². The highest BCUT2D eigenvalue weighted by Crippen LogP contribution is 2.30. The number of hydrogen-bond donors (Lipinski definition) is 0. The topological polar surface area (TPSA) is 25.8 Å². The summed E-state index contributed by atoms with van der Waals surface area (Å²) in [6.45, 7) is 0. The average Bonchev–Trinajstić information content (AvgIpc) is 2.85. The van der Waals surface area contributed by atoms with Gasteiger partial charge in [0.2, 0.25) is 0 Å². The minimum atomic E-state index is 0.702. The summed E-state index contributed by atoms with van der Waals surface area (Å²) in [4.78, 5) is 9.77. The molecule has 1 aromatic heterocycles. The molecule has 0 unspecified atom stereocenters. The Bertz CT molecular complexity index is 1310. The lowest BCUT2D eigenvalue weighted by atomic mass is 10.0. The molecular weight excluding hydrogens is 400 g/mol. The maximum Gasteiger partial charge on any atom is 0.160 e. The molecule has 0 saturated carbocycles. The highest BCUT2D eigenvalue weighted by Gasteiger charge is 2.11. The molecule has 31 heavy (non-hydrogen) atoms. The molecule has 0 aliphatic carbocycles. The van der Waals surface area contributed by atoms with Gasteiger partial charge in [0.25, 0.3) is 0 Å². The van der Waals surface area contributed by atoms with Crippen LogP contribution in [-0.4, -0.2) is 9.97 Å². The second kappa shape index (κ2) is 8.55. The van der Waals surface area contributed by atoms with Crippen molar-refractivity contribution in [1.82, 2.24) is 9.97 Å². The number of benzene rings is 4. The summed E-state index contributed by atoms with van der Waals surface area (Å²) in [5.41, 5.74) is 7.13. The molecule has 0 N–H and O–H groups in total. The SMILES string of the molecule is Clc1ccc(-c2cc(-c3cccc(-c4ccccc4)c3)nc(-c3ccccc3)n2)cc1. The third-order valence-corrected chi connectivity index (χ3v) is 5.42. The van der Waals surface area contributed by atoms with Gasteiger partial charge >= 0.3 is 0 Å². The Labute approximate surface area is 186 Å². The predicted octanol–water partition coefficient (Wildman–Crippen LogP) is 7.80. The molecule has 5 aromatic rings. The van der Waals surface area contributed by atoms with Crippen molar-refractivity contribution >= 4 is 11.6 Å². The fraction of sp³-hybridized carbons (Fsp3) is 0. The maximum atomic E-state index is 6.10. The van der Waals surface area contributed by atoms with Gasteiger partial charge in [-0.1, -0.05) is 103 Å². The molecule has 2 nitrogen and oxygen atoms in total. The first-order valence-corrected chi connectivity index (χ1v) is 10.5. The van der Waals surface area contributed by atoms with Gasteiger partial charge in [0.1, 0.15) is 0 Å². The van der Waals surface area contributed by atoms with Gasteiger partial charge in [-0.25, -0.2) is 9.97 Å². The summed E-state index contributed by atoms with van der Waals surface area (Å²) in [7, 11) is 0. The number of aromatic nitrogens is 2. The van der Waals surface area contributed by atoms with Crippen LogP contribution in [-0.2, 0) is 0 Å². The van der Waals surface area contributed by atoms with Gasteiger partial charge in [-0.2, -0.15) is 0 Å². The van der Waals surface area contributed by atoms with Crippen molar-refractivity contribution in [3.8, 4) is 45.0 Å². The van der Waals surface area contributed by atoms with E-state index < -0.39 is 0 Å². The standard InChI is InChI=1S/C28H19ClN2/c29-25-16-14-21(15-17-25)26-19-27(31-28(30-26)22-10-5-2-6-11-22)24-13-7-12-23(18-24)20-8-3-1-4-9-20/h1-19H. The number of hydrogen-bond acceptors (Lipinski definition) is 2. The average molecular weight is 419 g/mol. The fourth-order valence-electron chi connectivity index (χ4n) is 3.57. The zero-order chi connectivity index (χ0) is 21.0. The number of rotatable bonds is 4. The second-order valence-electron chi connectivity index (χ2n) is 7.28. The second-order valence-corrected chi connectivity index (χ2v) is 7.72. The summed E-state index contributed by atoms with van der Waals surface area (Å²) in [6, 6.07) is 38.7. The summed E-state index contributed by atoms with van der Waals surface area (Å²) < 4.78 is 0. The minimum absolute atomic E-state index is 0.702. The largest absolute Gasteiger partial charge is 0.228 e. The minimum Gasteiger partial charge on any atom is -0.228 e. The smallest absolute Gasteiger partial charge is 0.160 e. The Morgan fingerprint density at radius 2 is 0.968 bits per heavy atom. The maximum absolute atomic E-state index is 6.10. The van der Waals surface area contributed by atoms with Gasteiger partial charge in [0.05, 0.1) is 11.4 Å². The molecule has 0 aliphatic rings. The predicted molar refractivity (Wildman–Crippen MR) is 129 cm³/mol. The van der Waals surface area contributed by atoms with E-state index in [2.05, 4.69) is 48.5 Å². The van der Waals surface area contributed by atoms with Gasteiger partial charge in [-0.15, -0.1) is 0 Å². The van der Waals surface area contributed by atoms with Crippen molar-refractivity contribution in [2.75, 3.05) is 0 Å². The van der Waals surface area contributed by atoms with Gasteiger partial charge in [0.15, 0.2) is 5.82 Å². The zero-order valence-electron chi connectivity index (χ0n) is 16.7. The molecular formula is C28H19ClN2. The first-order chi connectivity index (χ1) is 15.3. The molecule has 0 aliphatic heterocycles. The van der Waals surface area contributed by atoms with Crippen molar-refractivity contribution in [2.24, 2.45) is 0 Å². The molecule has 0 saturated heterocycles. The summed E-state index contributed by atoms with van der Waals surface area (Å²) in [5.74, 6) is 0.702. The first-order valence-electron chi connectivity index (χ1n) is 10.1. The Kier molecular flexibility index (Phi) is 5.30. The van der Waals surface area contributed by atoms with Crippen molar-refractivity contribution < 1.29 is 0 Å². The lowest BCUT2D eigenvalue weighted by Crippen LogP contribution is -1.96. The quantitative estimate of drug-likeness (QED) is 0.297. The van der Waals surface area contributed by atoms with Crippen molar-refractivity contribution in [3.63, 3.8) is 0 Å². The highest BCUT2D eigenvalue weighted by atomic mass is 35.5. The lowest BCUT2D eigenvalue weighted by Gasteiger charge is -2.10. The van der Waals surface area contributed by atoms with Crippen LogP contribution in [0.1, 0.15) is 0 Å². The van der Waals surface area contributed by atoms with Crippen LogP contribution in [0.5, 0.6) is 0 Å². The van der Waals surface area contributed by atoms with Crippen molar-refractivity contribution in [1.29, 1.82) is 0 Å². The first kappa shape index (κ1) is 19.2. The molecule has 0 amide bonds. The van der Waals surface area contributed by atoms with E-state index in [4.69, 9.17) is 21.6 Å². The van der Waals surface area contributed by atoms with Gasteiger partial charge in [-0.05, 0) is 35.4 Å². The Balaban J connectivity index is 1.66. The lowest BCUT2D eigenvalue weighted by molar-refractivity contribution is 1.18. The summed E-state index contributed by atoms with van der Waals surface area (Å²) in [5, 5.41) is 0.705. The Hall–Kier alpha value is -3.75. The van der Waals surface area contributed by atoms with Gasteiger partial charge in [-0.3, -0.25) is 0 Å². The molecule has 0 bridgehead atoms. The van der Waals surface area contributed by atoms with E-state index in [0.29, 0.717) is 10.8 Å². The monoisotopic (exact) mass is 418 g/mol. The Morgan fingerprint density at radius 1 is 0.419 bits per heavy atom. The van der Waals surface area contributed by atoms with E-state index in [1.54, 1.807) is 0 Å². The number of nitrogens with zero attached hydrogens (tertiary/aromatic N) is 2. The van der Waals surface area contributed by atoms with Crippen LogP contribution in [0.15, 0.2) is 115 Å². The summed E-state index contributed by atoms with van der Waals surface area (Å²) >= 11 is 6.10. The molecule has 4 aromatic carbocycles. The van der Waals surface area contributed by atoms with Crippen LogP contribution in [0.3, 0.4) is 0 Å². The van der Waals surface area contributed by atoms with E-state index >= 15 is 0 Å². The zero-order valence-corrected chi connectivity index (χ0v) is 17.5. The Morgan fingerprint density at radius 3 is 1.65 bits per heavy atom.